The van der Waals surface area contributed by atoms with E-state index >= 15 is 0 Å². The Labute approximate surface area is 125 Å². The van der Waals surface area contributed by atoms with E-state index in [-0.39, 0.29) is 11.7 Å². The summed E-state index contributed by atoms with van der Waals surface area (Å²) in [6.07, 6.45) is -4.51. The number of nitrogens with one attached hydrogen (secondary N) is 1. The van der Waals surface area contributed by atoms with Gasteiger partial charge >= 0.3 is 12.1 Å². The van der Waals surface area contributed by atoms with E-state index in [1.54, 1.807) is 13.8 Å². The van der Waals surface area contributed by atoms with Crippen molar-refractivity contribution >= 4 is 11.9 Å². The largest absolute Gasteiger partial charge is 0.484 e. The monoisotopic (exact) mass is 319 g/mol. The van der Waals surface area contributed by atoms with E-state index in [1.165, 1.54) is 6.07 Å². The van der Waals surface area contributed by atoms with Crippen molar-refractivity contribution in [1.29, 1.82) is 0 Å². The van der Waals surface area contributed by atoms with E-state index in [1.807, 2.05) is 0 Å². The van der Waals surface area contributed by atoms with Crippen LogP contribution in [-0.2, 0) is 15.8 Å². The van der Waals surface area contributed by atoms with E-state index in [4.69, 9.17) is 9.84 Å². The van der Waals surface area contributed by atoms with Gasteiger partial charge in [-0.1, -0.05) is 19.9 Å². The summed E-state index contributed by atoms with van der Waals surface area (Å²) in [4.78, 5) is 22.5. The Morgan fingerprint density at radius 1 is 1.32 bits per heavy atom. The first-order chi connectivity index (χ1) is 10.1. The van der Waals surface area contributed by atoms with Gasteiger partial charge in [0.2, 0.25) is 0 Å². The molecular weight excluding hydrogens is 303 g/mol. The van der Waals surface area contributed by atoms with E-state index in [0.29, 0.717) is 0 Å². The van der Waals surface area contributed by atoms with Crippen molar-refractivity contribution in [1.82, 2.24) is 5.32 Å². The van der Waals surface area contributed by atoms with Crippen molar-refractivity contribution in [2.45, 2.75) is 26.1 Å². The van der Waals surface area contributed by atoms with Gasteiger partial charge < -0.3 is 15.2 Å². The van der Waals surface area contributed by atoms with E-state index in [2.05, 4.69) is 5.32 Å². The number of halogens is 3. The maximum absolute atomic E-state index is 12.5. The third kappa shape index (κ3) is 5.27. The lowest BCUT2D eigenvalue weighted by atomic mass is 10.1. The zero-order valence-corrected chi connectivity index (χ0v) is 12.0. The quantitative estimate of drug-likeness (QED) is 0.844. The second-order valence-electron chi connectivity index (χ2n) is 4.94. The first kappa shape index (κ1) is 17.8. The van der Waals surface area contributed by atoms with Gasteiger partial charge in [0.05, 0.1) is 5.56 Å². The van der Waals surface area contributed by atoms with Crippen LogP contribution in [0.4, 0.5) is 13.2 Å². The minimum atomic E-state index is -4.51. The van der Waals surface area contributed by atoms with E-state index < -0.39 is 36.3 Å². The standard InChI is InChI=1S/C14H16F3NO4/c1-8(2)12(13(20)21)18-11(19)7-22-10-5-3-4-9(6-10)14(15,16)17/h3-6,8,12H,7H2,1-2H3,(H,18,19)(H,20,21). The molecule has 2 N–H and O–H groups in total. The first-order valence-corrected chi connectivity index (χ1v) is 6.43. The SMILES string of the molecule is CC(C)C(NC(=O)COc1cccc(C(F)(F)F)c1)C(=O)O. The topological polar surface area (TPSA) is 75.6 Å². The lowest BCUT2D eigenvalue weighted by Crippen LogP contribution is -2.46. The molecule has 0 fully saturated rings. The molecule has 1 aromatic rings. The van der Waals surface area contributed by atoms with Crippen molar-refractivity contribution in [3.05, 3.63) is 29.8 Å². The smallest absolute Gasteiger partial charge is 0.416 e. The molecule has 0 bridgehead atoms. The second kappa shape index (κ2) is 7.15. The second-order valence-corrected chi connectivity index (χ2v) is 4.94. The normalized spacial score (nSPS) is 12.8. The molecule has 0 aromatic heterocycles. The number of carbonyl (C=O) groups is 2. The van der Waals surface area contributed by atoms with Crippen LogP contribution in [0.25, 0.3) is 0 Å². The number of carbonyl (C=O) groups excluding carboxylic acids is 1. The number of alkyl halides is 3. The van der Waals surface area contributed by atoms with Crippen LogP contribution >= 0.6 is 0 Å². The molecule has 0 radical (unpaired) electrons. The number of hydrogen-bond acceptors (Lipinski definition) is 3. The van der Waals surface area contributed by atoms with E-state index in [0.717, 1.165) is 18.2 Å². The molecule has 1 rings (SSSR count). The highest BCUT2D eigenvalue weighted by molar-refractivity contribution is 5.84. The predicted octanol–water partition coefficient (Wildman–Crippen LogP) is 2.31. The summed E-state index contributed by atoms with van der Waals surface area (Å²) in [7, 11) is 0. The molecule has 1 aromatic carbocycles. The summed E-state index contributed by atoms with van der Waals surface area (Å²) in [5.41, 5.74) is -0.893. The molecule has 0 aliphatic carbocycles. The summed E-state index contributed by atoms with van der Waals surface area (Å²) in [6, 6.07) is 3.00. The Bertz CT molecular complexity index is 543. The minimum Gasteiger partial charge on any atom is -0.484 e. The summed E-state index contributed by atoms with van der Waals surface area (Å²) < 4.78 is 42.5. The van der Waals surface area contributed by atoms with Crippen LogP contribution in [0.3, 0.4) is 0 Å². The highest BCUT2D eigenvalue weighted by atomic mass is 19.4. The zero-order chi connectivity index (χ0) is 16.9. The van der Waals surface area contributed by atoms with Crippen LogP contribution in [0, 0.1) is 5.92 Å². The highest BCUT2D eigenvalue weighted by Crippen LogP contribution is 2.31. The average Bonchev–Trinajstić information content (AvgIpc) is 2.41. The lowest BCUT2D eigenvalue weighted by Gasteiger charge is -2.18. The van der Waals surface area contributed by atoms with Crippen molar-refractivity contribution in [3.63, 3.8) is 0 Å². The first-order valence-electron chi connectivity index (χ1n) is 6.43. The number of ether oxygens (including phenoxy) is 1. The number of hydrogen-bond donors (Lipinski definition) is 2. The average molecular weight is 319 g/mol. The van der Waals surface area contributed by atoms with Gasteiger partial charge in [0.1, 0.15) is 11.8 Å². The van der Waals surface area contributed by atoms with Crippen LogP contribution in [0.1, 0.15) is 19.4 Å². The molecule has 8 heteroatoms. The Kier molecular flexibility index (Phi) is 5.78. The fourth-order valence-corrected chi connectivity index (χ4v) is 1.64. The Hall–Kier alpha value is -2.25. The van der Waals surface area contributed by atoms with Crippen LogP contribution in [0.5, 0.6) is 5.75 Å². The molecule has 22 heavy (non-hydrogen) atoms. The molecule has 0 saturated carbocycles. The maximum Gasteiger partial charge on any atom is 0.416 e. The van der Waals surface area contributed by atoms with Crippen molar-refractivity contribution < 1.29 is 32.6 Å². The fraction of sp³-hybridized carbons (Fsp3) is 0.429. The minimum absolute atomic E-state index is 0.124. The van der Waals surface area contributed by atoms with Gasteiger partial charge in [0.25, 0.3) is 5.91 Å². The van der Waals surface area contributed by atoms with Gasteiger partial charge in [-0.15, -0.1) is 0 Å². The Balaban J connectivity index is 2.63. The van der Waals surface area contributed by atoms with Crippen LogP contribution < -0.4 is 10.1 Å². The molecule has 5 nitrogen and oxygen atoms in total. The summed E-state index contributed by atoms with van der Waals surface area (Å²) in [6.45, 7) is 2.66. The third-order valence-corrected chi connectivity index (χ3v) is 2.78. The Morgan fingerprint density at radius 3 is 2.45 bits per heavy atom. The van der Waals surface area contributed by atoms with Gasteiger partial charge in [0, 0.05) is 0 Å². The molecule has 1 unspecified atom stereocenters. The number of amides is 1. The van der Waals surface area contributed by atoms with Gasteiger partial charge in [0.15, 0.2) is 6.61 Å². The molecule has 0 aliphatic rings. The van der Waals surface area contributed by atoms with Gasteiger partial charge in [-0.3, -0.25) is 4.79 Å². The Morgan fingerprint density at radius 2 is 1.95 bits per heavy atom. The van der Waals surface area contributed by atoms with Gasteiger partial charge in [-0.25, -0.2) is 4.79 Å². The molecule has 122 valence electrons. The summed E-state index contributed by atoms with van der Waals surface area (Å²) in [5, 5.41) is 11.2. The number of carboxylic acids is 1. The zero-order valence-electron chi connectivity index (χ0n) is 12.0. The molecule has 1 amide bonds. The molecule has 0 heterocycles. The number of rotatable bonds is 6. The molecule has 0 saturated heterocycles. The fourth-order valence-electron chi connectivity index (χ4n) is 1.64. The molecular formula is C14H16F3NO4. The van der Waals surface area contributed by atoms with Crippen LogP contribution in [-0.4, -0.2) is 29.6 Å². The van der Waals surface area contributed by atoms with Crippen molar-refractivity contribution in [2.75, 3.05) is 6.61 Å². The van der Waals surface area contributed by atoms with Crippen molar-refractivity contribution in [2.24, 2.45) is 5.92 Å². The molecule has 0 spiro atoms. The summed E-state index contributed by atoms with van der Waals surface area (Å²) >= 11 is 0. The number of benzene rings is 1. The maximum atomic E-state index is 12.5. The van der Waals surface area contributed by atoms with Crippen LogP contribution in [0.2, 0.25) is 0 Å². The number of aliphatic carboxylic acids is 1. The van der Waals surface area contributed by atoms with Gasteiger partial charge in [-0.2, -0.15) is 13.2 Å². The molecule has 1 atom stereocenters. The van der Waals surface area contributed by atoms with E-state index in [9.17, 15) is 22.8 Å². The highest BCUT2D eigenvalue weighted by Gasteiger charge is 2.30. The number of carboxylic acid groups (broad SMARTS) is 1. The van der Waals surface area contributed by atoms with Crippen molar-refractivity contribution in [3.8, 4) is 5.75 Å². The third-order valence-electron chi connectivity index (χ3n) is 2.78. The predicted molar refractivity (Wildman–Crippen MR) is 71.3 cm³/mol. The molecule has 0 aliphatic heterocycles. The van der Waals surface area contributed by atoms with Gasteiger partial charge in [-0.05, 0) is 24.1 Å². The summed E-state index contributed by atoms with van der Waals surface area (Å²) in [5.74, 6) is -2.38. The lowest BCUT2D eigenvalue weighted by molar-refractivity contribution is -0.143. The van der Waals surface area contributed by atoms with Crippen LogP contribution in [0.15, 0.2) is 24.3 Å².